The van der Waals surface area contributed by atoms with Gasteiger partial charge < -0.3 is 11.1 Å². The highest BCUT2D eigenvalue weighted by atomic mass is 16.5. The Morgan fingerprint density at radius 1 is 1.35 bits per heavy atom. The van der Waals surface area contributed by atoms with E-state index in [0.29, 0.717) is 12.1 Å². The molecular formula is C11H15N3O3. The number of anilines is 1. The van der Waals surface area contributed by atoms with Crippen LogP contribution in [0.15, 0.2) is 24.3 Å². The molecule has 6 nitrogen and oxygen atoms in total. The number of rotatable bonds is 4. The normalized spacial score (nSPS) is 11.7. The van der Waals surface area contributed by atoms with Crippen LogP contribution < -0.4 is 16.5 Å². The quantitative estimate of drug-likeness (QED) is 0.437. The van der Waals surface area contributed by atoms with Crippen LogP contribution in [0.1, 0.15) is 12.5 Å². The minimum atomic E-state index is -0.799. The Morgan fingerprint density at radius 2 is 1.94 bits per heavy atom. The number of hydrogen-bond donors (Lipinski definition) is 4. The zero-order chi connectivity index (χ0) is 12.8. The molecule has 0 aliphatic heterocycles. The van der Waals surface area contributed by atoms with Crippen LogP contribution in [0.25, 0.3) is 0 Å². The predicted octanol–water partition coefficient (Wildman–Crippen LogP) is 0.0202. The summed E-state index contributed by atoms with van der Waals surface area (Å²) >= 11 is 0. The largest absolute Gasteiger partial charge is 0.326 e. The second kappa shape index (κ2) is 5.97. The van der Waals surface area contributed by atoms with E-state index in [0.717, 1.165) is 5.56 Å². The third-order valence-electron chi connectivity index (χ3n) is 2.18. The van der Waals surface area contributed by atoms with E-state index in [1.807, 2.05) is 0 Å². The lowest BCUT2D eigenvalue weighted by Crippen LogP contribution is -2.40. The molecular weight excluding hydrogens is 222 g/mol. The van der Waals surface area contributed by atoms with Gasteiger partial charge in [-0.3, -0.25) is 14.8 Å². The van der Waals surface area contributed by atoms with E-state index >= 15 is 0 Å². The highest BCUT2D eigenvalue weighted by Crippen LogP contribution is 2.10. The molecule has 1 rings (SSSR count). The van der Waals surface area contributed by atoms with Crippen molar-refractivity contribution in [2.24, 2.45) is 5.73 Å². The number of amides is 2. The van der Waals surface area contributed by atoms with Crippen LogP contribution in [0, 0.1) is 0 Å². The Hall–Kier alpha value is -1.92. The van der Waals surface area contributed by atoms with Crippen molar-refractivity contribution in [3.05, 3.63) is 29.8 Å². The van der Waals surface area contributed by atoms with Gasteiger partial charge in [-0.1, -0.05) is 12.1 Å². The predicted molar refractivity (Wildman–Crippen MR) is 62.4 cm³/mol. The summed E-state index contributed by atoms with van der Waals surface area (Å²) in [7, 11) is 0. The molecule has 5 N–H and O–H groups in total. The summed E-state index contributed by atoms with van der Waals surface area (Å²) in [6, 6.07) is 6.17. The van der Waals surface area contributed by atoms with Gasteiger partial charge in [0.1, 0.15) is 0 Å². The first-order chi connectivity index (χ1) is 8.02. The second-order valence-corrected chi connectivity index (χ2v) is 3.66. The van der Waals surface area contributed by atoms with Crippen LogP contribution in [0.5, 0.6) is 0 Å². The van der Waals surface area contributed by atoms with E-state index < -0.39 is 11.9 Å². The first kappa shape index (κ1) is 13.1. The number of carbonyl (C=O) groups excluding carboxylic acids is 2. The highest BCUT2D eigenvalue weighted by molar-refractivity contribution is 5.88. The summed E-state index contributed by atoms with van der Waals surface area (Å²) in [6.45, 7) is 1.43. The van der Waals surface area contributed by atoms with Gasteiger partial charge in [0.15, 0.2) is 0 Å². The van der Waals surface area contributed by atoms with Crippen molar-refractivity contribution in [1.29, 1.82) is 0 Å². The molecule has 0 heterocycles. The Kier molecular flexibility index (Phi) is 4.62. The van der Waals surface area contributed by atoms with E-state index in [1.165, 1.54) is 12.4 Å². The number of carbonyl (C=O) groups is 2. The molecule has 1 aromatic rings. The van der Waals surface area contributed by atoms with Crippen molar-refractivity contribution in [2.75, 3.05) is 5.32 Å². The van der Waals surface area contributed by atoms with Crippen molar-refractivity contribution in [1.82, 2.24) is 5.48 Å². The number of nitrogens with two attached hydrogens (primary N) is 1. The lowest BCUT2D eigenvalue weighted by atomic mass is 10.1. The maximum atomic E-state index is 11.0. The Balaban J connectivity index is 2.62. The fourth-order valence-electron chi connectivity index (χ4n) is 1.36. The van der Waals surface area contributed by atoms with Crippen LogP contribution in [-0.4, -0.2) is 23.1 Å². The Morgan fingerprint density at radius 3 is 2.41 bits per heavy atom. The van der Waals surface area contributed by atoms with E-state index in [2.05, 4.69) is 5.32 Å². The SMILES string of the molecule is CC(=O)Nc1ccc(CC(N)C(=O)NO)cc1. The van der Waals surface area contributed by atoms with Crippen molar-refractivity contribution >= 4 is 17.5 Å². The monoisotopic (exact) mass is 237 g/mol. The van der Waals surface area contributed by atoms with Gasteiger partial charge in [0.25, 0.3) is 5.91 Å². The van der Waals surface area contributed by atoms with Gasteiger partial charge in [-0.15, -0.1) is 0 Å². The third-order valence-corrected chi connectivity index (χ3v) is 2.18. The van der Waals surface area contributed by atoms with Gasteiger partial charge in [0.05, 0.1) is 6.04 Å². The van der Waals surface area contributed by atoms with Gasteiger partial charge in [0.2, 0.25) is 5.91 Å². The molecule has 0 spiro atoms. The van der Waals surface area contributed by atoms with Crippen LogP contribution in [-0.2, 0) is 16.0 Å². The second-order valence-electron chi connectivity index (χ2n) is 3.66. The standard InChI is InChI=1S/C11H15N3O3/c1-7(15)13-9-4-2-8(3-5-9)6-10(12)11(16)14-17/h2-5,10,17H,6,12H2,1H3,(H,13,15)(H,14,16). The maximum absolute atomic E-state index is 11.0. The molecule has 6 heteroatoms. The van der Waals surface area contributed by atoms with E-state index in [4.69, 9.17) is 10.9 Å². The highest BCUT2D eigenvalue weighted by Gasteiger charge is 2.12. The molecule has 1 unspecified atom stereocenters. The first-order valence-corrected chi connectivity index (χ1v) is 5.09. The third kappa shape index (κ3) is 4.21. The van der Waals surface area contributed by atoms with Gasteiger partial charge in [-0.2, -0.15) is 0 Å². The van der Waals surface area contributed by atoms with E-state index in [-0.39, 0.29) is 5.91 Å². The number of nitrogens with one attached hydrogen (secondary N) is 2. The molecule has 0 aliphatic rings. The average molecular weight is 237 g/mol. The maximum Gasteiger partial charge on any atom is 0.260 e. The minimum absolute atomic E-state index is 0.144. The zero-order valence-electron chi connectivity index (χ0n) is 9.43. The molecule has 2 amide bonds. The van der Waals surface area contributed by atoms with Crippen molar-refractivity contribution in [3.8, 4) is 0 Å². The van der Waals surface area contributed by atoms with Gasteiger partial charge >= 0.3 is 0 Å². The molecule has 92 valence electrons. The molecule has 0 saturated heterocycles. The van der Waals surface area contributed by atoms with Crippen molar-refractivity contribution < 1.29 is 14.8 Å². The molecule has 0 radical (unpaired) electrons. The Bertz CT molecular complexity index is 403. The summed E-state index contributed by atoms with van der Waals surface area (Å²) < 4.78 is 0. The summed E-state index contributed by atoms with van der Waals surface area (Å²) in [6.07, 6.45) is 0.312. The van der Waals surface area contributed by atoms with Crippen LogP contribution in [0.3, 0.4) is 0 Å². The van der Waals surface area contributed by atoms with Crippen molar-refractivity contribution in [2.45, 2.75) is 19.4 Å². The van der Waals surface area contributed by atoms with E-state index in [9.17, 15) is 9.59 Å². The molecule has 0 aliphatic carbocycles. The average Bonchev–Trinajstić information content (AvgIpc) is 2.30. The van der Waals surface area contributed by atoms with Gasteiger partial charge in [0, 0.05) is 12.6 Å². The topological polar surface area (TPSA) is 104 Å². The lowest BCUT2D eigenvalue weighted by Gasteiger charge is -2.09. The number of hydrogen-bond acceptors (Lipinski definition) is 4. The van der Waals surface area contributed by atoms with Gasteiger partial charge in [-0.05, 0) is 24.1 Å². The van der Waals surface area contributed by atoms with Crippen LogP contribution >= 0.6 is 0 Å². The van der Waals surface area contributed by atoms with Crippen LogP contribution in [0.4, 0.5) is 5.69 Å². The fraction of sp³-hybridized carbons (Fsp3) is 0.273. The summed E-state index contributed by atoms with van der Waals surface area (Å²) in [5.74, 6) is -0.773. The lowest BCUT2D eigenvalue weighted by molar-refractivity contribution is -0.130. The van der Waals surface area contributed by atoms with Crippen molar-refractivity contribution in [3.63, 3.8) is 0 Å². The zero-order valence-corrected chi connectivity index (χ0v) is 9.43. The van der Waals surface area contributed by atoms with Crippen LogP contribution in [0.2, 0.25) is 0 Å². The number of hydroxylamine groups is 1. The molecule has 0 bridgehead atoms. The molecule has 1 atom stereocenters. The van der Waals surface area contributed by atoms with Gasteiger partial charge in [-0.25, -0.2) is 5.48 Å². The smallest absolute Gasteiger partial charge is 0.260 e. The Labute approximate surface area is 98.8 Å². The first-order valence-electron chi connectivity index (χ1n) is 5.09. The molecule has 0 fully saturated rings. The summed E-state index contributed by atoms with van der Waals surface area (Å²) in [4.78, 5) is 21.8. The fourth-order valence-corrected chi connectivity index (χ4v) is 1.36. The summed E-state index contributed by atoms with van der Waals surface area (Å²) in [5, 5.41) is 11.0. The number of benzene rings is 1. The molecule has 0 aromatic heterocycles. The molecule has 17 heavy (non-hydrogen) atoms. The molecule has 0 saturated carbocycles. The molecule has 1 aromatic carbocycles. The van der Waals surface area contributed by atoms with E-state index in [1.54, 1.807) is 24.3 Å². The minimum Gasteiger partial charge on any atom is -0.326 e. The summed E-state index contributed by atoms with van der Waals surface area (Å²) in [5.41, 5.74) is 8.56.